The van der Waals surface area contributed by atoms with E-state index in [1.54, 1.807) is 19.6 Å². The van der Waals surface area contributed by atoms with Gasteiger partial charge in [0.15, 0.2) is 0 Å². The minimum Gasteiger partial charge on any atom is -0.472 e. The average molecular weight is 362 g/mol. The predicted molar refractivity (Wildman–Crippen MR) is 97.6 cm³/mol. The average Bonchev–Trinajstić information content (AvgIpc) is 3.31. The van der Waals surface area contributed by atoms with Gasteiger partial charge in [-0.05, 0) is 36.6 Å². The minimum absolute atomic E-state index is 0.172. The fourth-order valence-electron chi connectivity index (χ4n) is 3.73. The molecule has 1 fully saturated rings. The molecule has 1 aromatic heterocycles. The largest absolute Gasteiger partial charge is 0.472 e. The van der Waals surface area contributed by atoms with Crippen molar-refractivity contribution in [1.29, 1.82) is 0 Å². The van der Waals surface area contributed by atoms with Gasteiger partial charge in [-0.3, -0.25) is 4.79 Å². The molecule has 0 saturated heterocycles. The lowest BCUT2D eigenvalue weighted by Gasteiger charge is -2.35. The van der Waals surface area contributed by atoms with E-state index < -0.39 is 5.41 Å². The summed E-state index contributed by atoms with van der Waals surface area (Å²) in [7, 11) is 1.66. The lowest BCUT2D eigenvalue weighted by Crippen LogP contribution is -2.46. The molecule has 1 aliphatic rings. The lowest BCUT2D eigenvalue weighted by atomic mass is 9.77. The molecule has 1 saturated carbocycles. The molecule has 134 valence electrons. The Balaban J connectivity index is 1.89. The molecule has 4 nitrogen and oxygen atoms in total. The molecule has 0 bridgehead atoms. The number of carbonyl (C=O) groups is 1. The second-order valence-electron chi connectivity index (χ2n) is 6.65. The Labute approximate surface area is 153 Å². The predicted octanol–water partition coefficient (Wildman–Crippen LogP) is 4.42. The van der Waals surface area contributed by atoms with E-state index in [4.69, 9.17) is 20.8 Å². The van der Waals surface area contributed by atoms with E-state index in [0.717, 1.165) is 36.8 Å². The van der Waals surface area contributed by atoms with Crippen molar-refractivity contribution < 1.29 is 13.9 Å². The molecule has 0 atom stereocenters. The molecule has 2 aromatic rings. The second-order valence-corrected chi connectivity index (χ2v) is 7.08. The number of hydrogen-bond acceptors (Lipinski definition) is 3. The third kappa shape index (κ3) is 3.91. The molecular weight excluding hydrogens is 338 g/mol. The highest BCUT2D eigenvalue weighted by Crippen LogP contribution is 2.43. The van der Waals surface area contributed by atoms with E-state index >= 15 is 0 Å². The number of benzene rings is 1. The Morgan fingerprint density at radius 3 is 2.56 bits per heavy atom. The van der Waals surface area contributed by atoms with E-state index in [-0.39, 0.29) is 5.91 Å². The Hall–Kier alpha value is -1.78. The van der Waals surface area contributed by atoms with Gasteiger partial charge in [0.05, 0.1) is 24.5 Å². The molecular formula is C20H24ClNO3. The fourth-order valence-corrected chi connectivity index (χ4v) is 3.86. The molecule has 5 heteroatoms. The second kappa shape index (κ2) is 8.07. The smallest absolute Gasteiger partial charge is 0.233 e. The van der Waals surface area contributed by atoms with Crippen LogP contribution in [0, 0.1) is 0 Å². The first-order valence-corrected chi connectivity index (χ1v) is 9.09. The van der Waals surface area contributed by atoms with Gasteiger partial charge < -0.3 is 14.1 Å². The molecule has 25 heavy (non-hydrogen) atoms. The maximum atomic E-state index is 13.6. The van der Waals surface area contributed by atoms with Crippen LogP contribution in [-0.4, -0.2) is 31.1 Å². The number of methoxy groups -OCH3 is 1. The summed E-state index contributed by atoms with van der Waals surface area (Å²) in [6, 6.07) is 9.64. The van der Waals surface area contributed by atoms with Crippen LogP contribution in [0.5, 0.6) is 0 Å². The molecule has 1 amide bonds. The normalized spacial score (nSPS) is 16.1. The van der Waals surface area contributed by atoms with Gasteiger partial charge in [0.2, 0.25) is 5.91 Å². The van der Waals surface area contributed by atoms with Gasteiger partial charge in [-0.25, -0.2) is 0 Å². The van der Waals surface area contributed by atoms with Gasteiger partial charge in [-0.1, -0.05) is 36.6 Å². The highest BCUT2D eigenvalue weighted by molar-refractivity contribution is 6.30. The summed E-state index contributed by atoms with van der Waals surface area (Å²) in [4.78, 5) is 15.5. The van der Waals surface area contributed by atoms with E-state index in [1.807, 2.05) is 35.2 Å². The summed E-state index contributed by atoms with van der Waals surface area (Å²) >= 11 is 6.05. The Bertz CT molecular complexity index is 675. The number of amides is 1. The highest BCUT2D eigenvalue weighted by atomic mass is 35.5. The first-order chi connectivity index (χ1) is 12.2. The van der Waals surface area contributed by atoms with Crippen LogP contribution >= 0.6 is 11.6 Å². The van der Waals surface area contributed by atoms with Crippen LogP contribution in [-0.2, 0) is 21.5 Å². The van der Waals surface area contributed by atoms with Gasteiger partial charge >= 0.3 is 0 Å². The van der Waals surface area contributed by atoms with E-state index in [2.05, 4.69) is 0 Å². The number of furan rings is 1. The molecule has 0 radical (unpaired) electrons. The minimum atomic E-state index is -0.456. The van der Waals surface area contributed by atoms with Crippen LogP contribution in [0.15, 0.2) is 47.3 Å². The fraction of sp³-hybridized carbons (Fsp3) is 0.450. The number of ether oxygens (including phenoxy) is 1. The molecule has 1 aliphatic carbocycles. The molecule has 0 unspecified atom stereocenters. The molecule has 1 aromatic carbocycles. The van der Waals surface area contributed by atoms with E-state index in [9.17, 15) is 4.79 Å². The van der Waals surface area contributed by atoms with Gasteiger partial charge in [0.25, 0.3) is 0 Å². The SMILES string of the molecule is COCCN(Cc1ccoc1)C(=O)C1(c2ccc(Cl)cc2)CCCC1. The molecule has 1 heterocycles. The third-order valence-corrected chi connectivity index (χ3v) is 5.32. The lowest BCUT2D eigenvalue weighted by molar-refractivity contribution is -0.138. The summed E-state index contributed by atoms with van der Waals surface area (Å²) in [6.45, 7) is 1.62. The van der Waals surface area contributed by atoms with Crippen molar-refractivity contribution in [1.82, 2.24) is 4.90 Å². The molecule has 0 spiro atoms. The van der Waals surface area contributed by atoms with Crippen molar-refractivity contribution in [3.63, 3.8) is 0 Å². The van der Waals surface area contributed by atoms with Crippen LogP contribution in [0.4, 0.5) is 0 Å². The zero-order chi connectivity index (χ0) is 17.7. The number of rotatable bonds is 7. The number of halogens is 1. The number of carbonyl (C=O) groups excluding carboxylic acids is 1. The zero-order valence-corrected chi connectivity index (χ0v) is 15.3. The maximum Gasteiger partial charge on any atom is 0.233 e. The Morgan fingerprint density at radius 2 is 1.96 bits per heavy atom. The summed E-state index contributed by atoms with van der Waals surface area (Å²) in [5.41, 5.74) is 1.60. The maximum absolute atomic E-state index is 13.6. The first kappa shape index (κ1) is 18.0. The van der Waals surface area contributed by atoms with Crippen molar-refractivity contribution in [3.05, 3.63) is 59.0 Å². The van der Waals surface area contributed by atoms with Crippen molar-refractivity contribution in [2.24, 2.45) is 0 Å². The summed E-state index contributed by atoms with van der Waals surface area (Å²) in [5.74, 6) is 0.172. The van der Waals surface area contributed by atoms with Gasteiger partial charge in [0, 0.05) is 30.8 Å². The summed E-state index contributed by atoms with van der Waals surface area (Å²) in [5, 5.41) is 0.694. The van der Waals surface area contributed by atoms with Crippen molar-refractivity contribution in [2.45, 2.75) is 37.6 Å². The Morgan fingerprint density at radius 1 is 1.24 bits per heavy atom. The Kier molecular flexibility index (Phi) is 5.82. The standard InChI is InChI=1S/C20H24ClNO3/c1-24-13-11-22(14-16-8-12-25-15-16)19(23)20(9-2-3-10-20)17-4-6-18(21)7-5-17/h4-8,12,15H,2-3,9-11,13-14H2,1H3. The molecule has 3 rings (SSSR count). The number of nitrogens with zero attached hydrogens (tertiary/aromatic N) is 1. The molecule has 0 aliphatic heterocycles. The monoisotopic (exact) mass is 361 g/mol. The van der Waals surface area contributed by atoms with Gasteiger partial charge in [-0.2, -0.15) is 0 Å². The topological polar surface area (TPSA) is 42.7 Å². The number of hydrogen-bond donors (Lipinski definition) is 0. The highest BCUT2D eigenvalue weighted by Gasteiger charge is 2.44. The van der Waals surface area contributed by atoms with Crippen LogP contribution in [0.1, 0.15) is 36.8 Å². The van der Waals surface area contributed by atoms with Crippen molar-refractivity contribution >= 4 is 17.5 Å². The van der Waals surface area contributed by atoms with E-state index in [0.29, 0.717) is 24.7 Å². The molecule has 0 N–H and O–H groups in total. The van der Waals surface area contributed by atoms with Gasteiger partial charge in [0.1, 0.15) is 0 Å². The van der Waals surface area contributed by atoms with Gasteiger partial charge in [-0.15, -0.1) is 0 Å². The third-order valence-electron chi connectivity index (χ3n) is 5.07. The quantitative estimate of drug-likeness (QED) is 0.733. The van der Waals surface area contributed by atoms with Crippen LogP contribution in [0.3, 0.4) is 0 Å². The first-order valence-electron chi connectivity index (χ1n) is 8.71. The van der Waals surface area contributed by atoms with Crippen LogP contribution in [0.25, 0.3) is 0 Å². The summed E-state index contributed by atoms with van der Waals surface area (Å²) in [6.07, 6.45) is 7.22. The zero-order valence-electron chi connectivity index (χ0n) is 14.5. The van der Waals surface area contributed by atoms with Crippen LogP contribution in [0.2, 0.25) is 5.02 Å². The summed E-state index contributed by atoms with van der Waals surface area (Å²) < 4.78 is 10.4. The van der Waals surface area contributed by atoms with Crippen LogP contribution < -0.4 is 0 Å². The van der Waals surface area contributed by atoms with Crippen molar-refractivity contribution in [3.8, 4) is 0 Å². The van der Waals surface area contributed by atoms with E-state index in [1.165, 1.54) is 0 Å². The van der Waals surface area contributed by atoms with Crippen molar-refractivity contribution in [2.75, 3.05) is 20.3 Å².